The highest BCUT2D eigenvalue weighted by atomic mass is 19.4. The normalized spacial score (nSPS) is 32.3. The molecule has 1 aromatic carbocycles. The second kappa shape index (κ2) is 5.97. The predicted molar refractivity (Wildman–Crippen MR) is 95.1 cm³/mol. The Bertz CT molecular complexity index is 757. The van der Waals surface area contributed by atoms with Crippen LogP contribution in [0.3, 0.4) is 0 Å². The lowest BCUT2D eigenvalue weighted by molar-refractivity contribution is -0.161. The molecule has 3 aliphatic rings. The molecular formula is C21H26F3NO2. The SMILES string of the molecule is Cc1ccc(C(F)(F)F)cc1[C@@H]1CCC2(C1)CN(C(=O)C1CC(C)(O)C1)C2. The molecule has 2 saturated carbocycles. The fourth-order valence-corrected chi connectivity index (χ4v) is 5.37. The summed E-state index contributed by atoms with van der Waals surface area (Å²) in [6.07, 6.45) is -0.575. The molecule has 1 N–H and O–H groups in total. The molecule has 1 spiro atoms. The van der Waals surface area contributed by atoms with Crippen LogP contribution in [-0.2, 0) is 11.0 Å². The van der Waals surface area contributed by atoms with Gasteiger partial charge < -0.3 is 10.0 Å². The molecule has 2 aliphatic carbocycles. The number of amides is 1. The summed E-state index contributed by atoms with van der Waals surface area (Å²) >= 11 is 0. The molecule has 0 radical (unpaired) electrons. The number of nitrogens with zero attached hydrogens (tertiary/aromatic N) is 1. The molecule has 0 aromatic heterocycles. The molecule has 3 fully saturated rings. The fourth-order valence-electron chi connectivity index (χ4n) is 5.37. The maximum atomic E-state index is 13.1. The lowest BCUT2D eigenvalue weighted by atomic mass is 9.69. The number of halogens is 3. The summed E-state index contributed by atoms with van der Waals surface area (Å²) in [4.78, 5) is 14.4. The summed E-state index contributed by atoms with van der Waals surface area (Å²) in [5.74, 6) is 0.195. The number of carbonyl (C=O) groups excluding carboxylic acids is 1. The smallest absolute Gasteiger partial charge is 0.390 e. The number of alkyl halides is 3. The molecule has 1 aliphatic heterocycles. The van der Waals surface area contributed by atoms with Gasteiger partial charge in [0.05, 0.1) is 11.2 Å². The number of rotatable bonds is 2. The van der Waals surface area contributed by atoms with Crippen LogP contribution in [0.4, 0.5) is 13.2 Å². The van der Waals surface area contributed by atoms with Gasteiger partial charge in [-0.05, 0) is 75.1 Å². The van der Waals surface area contributed by atoms with Crippen LogP contribution >= 0.6 is 0 Å². The van der Waals surface area contributed by atoms with E-state index in [-0.39, 0.29) is 23.2 Å². The molecule has 0 unspecified atom stereocenters. The lowest BCUT2D eigenvalue weighted by Gasteiger charge is -2.52. The van der Waals surface area contributed by atoms with E-state index in [1.165, 1.54) is 6.07 Å². The Balaban J connectivity index is 1.40. The van der Waals surface area contributed by atoms with E-state index in [4.69, 9.17) is 0 Å². The van der Waals surface area contributed by atoms with E-state index in [0.717, 1.165) is 36.5 Å². The van der Waals surface area contributed by atoms with Crippen LogP contribution in [0.5, 0.6) is 0 Å². The van der Waals surface area contributed by atoms with Crippen LogP contribution in [0.25, 0.3) is 0 Å². The van der Waals surface area contributed by atoms with Gasteiger partial charge in [-0.3, -0.25) is 4.79 Å². The van der Waals surface area contributed by atoms with Crippen molar-refractivity contribution in [3.05, 3.63) is 34.9 Å². The Morgan fingerprint density at radius 2 is 1.89 bits per heavy atom. The Hall–Kier alpha value is -1.56. The second-order valence-electron chi connectivity index (χ2n) is 9.31. The average Bonchev–Trinajstić information content (AvgIpc) is 2.95. The molecule has 1 aromatic rings. The van der Waals surface area contributed by atoms with Crippen molar-refractivity contribution in [1.29, 1.82) is 0 Å². The van der Waals surface area contributed by atoms with Gasteiger partial charge in [0.25, 0.3) is 0 Å². The first-order chi connectivity index (χ1) is 12.5. The van der Waals surface area contributed by atoms with Crippen LogP contribution < -0.4 is 0 Å². The van der Waals surface area contributed by atoms with Crippen molar-refractivity contribution in [2.75, 3.05) is 13.1 Å². The van der Waals surface area contributed by atoms with Gasteiger partial charge in [-0.1, -0.05) is 6.07 Å². The van der Waals surface area contributed by atoms with Gasteiger partial charge in [0.2, 0.25) is 5.91 Å². The Labute approximate surface area is 157 Å². The number of hydrogen-bond donors (Lipinski definition) is 1. The van der Waals surface area contributed by atoms with E-state index in [1.54, 1.807) is 13.0 Å². The Kier molecular flexibility index (Phi) is 4.15. The predicted octanol–water partition coefficient (Wildman–Crippen LogP) is 4.27. The van der Waals surface area contributed by atoms with E-state index < -0.39 is 17.3 Å². The fraction of sp³-hybridized carbons (Fsp3) is 0.667. The van der Waals surface area contributed by atoms with Crippen molar-refractivity contribution in [2.24, 2.45) is 11.3 Å². The molecule has 1 saturated heterocycles. The van der Waals surface area contributed by atoms with E-state index in [0.29, 0.717) is 25.9 Å². The van der Waals surface area contributed by atoms with E-state index in [9.17, 15) is 23.1 Å². The minimum Gasteiger partial charge on any atom is -0.390 e. The van der Waals surface area contributed by atoms with Gasteiger partial charge >= 0.3 is 6.18 Å². The van der Waals surface area contributed by atoms with Crippen molar-refractivity contribution >= 4 is 5.91 Å². The Morgan fingerprint density at radius 3 is 2.48 bits per heavy atom. The zero-order valence-corrected chi connectivity index (χ0v) is 15.8. The molecule has 1 atom stereocenters. The monoisotopic (exact) mass is 381 g/mol. The van der Waals surface area contributed by atoms with Crippen molar-refractivity contribution < 1.29 is 23.1 Å². The van der Waals surface area contributed by atoms with E-state index in [1.807, 2.05) is 11.8 Å². The average molecular weight is 381 g/mol. The van der Waals surface area contributed by atoms with Crippen LogP contribution in [-0.4, -0.2) is 34.6 Å². The van der Waals surface area contributed by atoms with Crippen LogP contribution in [0.15, 0.2) is 18.2 Å². The molecule has 6 heteroatoms. The molecule has 148 valence electrons. The van der Waals surface area contributed by atoms with Gasteiger partial charge in [0, 0.05) is 24.4 Å². The highest BCUT2D eigenvalue weighted by Gasteiger charge is 2.53. The van der Waals surface area contributed by atoms with Gasteiger partial charge in [0.15, 0.2) is 0 Å². The zero-order chi connectivity index (χ0) is 19.6. The highest BCUT2D eigenvalue weighted by molar-refractivity contribution is 5.81. The van der Waals surface area contributed by atoms with E-state index in [2.05, 4.69) is 0 Å². The van der Waals surface area contributed by atoms with Crippen LogP contribution in [0.2, 0.25) is 0 Å². The second-order valence-corrected chi connectivity index (χ2v) is 9.31. The molecular weight excluding hydrogens is 355 g/mol. The first-order valence-electron chi connectivity index (χ1n) is 9.67. The molecule has 4 rings (SSSR count). The maximum absolute atomic E-state index is 13.1. The largest absolute Gasteiger partial charge is 0.416 e. The summed E-state index contributed by atoms with van der Waals surface area (Å²) in [5, 5.41) is 9.83. The number of aliphatic hydroxyl groups is 1. The topological polar surface area (TPSA) is 40.5 Å². The van der Waals surface area contributed by atoms with Gasteiger partial charge in [-0.2, -0.15) is 13.2 Å². The third-order valence-corrected chi connectivity index (χ3v) is 6.83. The van der Waals surface area contributed by atoms with Gasteiger partial charge in [-0.25, -0.2) is 0 Å². The summed E-state index contributed by atoms with van der Waals surface area (Å²) in [5.41, 5.74) is 0.498. The minimum absolute atomic E-state index is 0.0628. The van der Waals surface area contributed by atoms with Crippen LogP contribution in [0.1, 0.15) is 61.6 Å². The number of aryl methyl sites for hydroxylation is 1. The lowest BCUT2D eigenvalue weighted by Crippen LogP contribution is -2.61. The summed E-state index contributed by atoms with van der Waals surface area (Å²) in [6, 6.07) is 4.04. The number of benzene rings is 1. The zero-order valence-electron chi connectivity index (χ0n) is 15.8. The van der Waals surface area contributed by atoms with Crippen molar-refractivity contribution in [3.63, 3.8) is 0 Å². The quantitative estimate of drug-likeness (QED) is 0.831. The first-order valence-corrected chi connectivity index (χ1v) is 9.67. The Morgan fingerprint density at radius 1 is 1.22 bits per heavy atom. The van der Waals surface area contributed by atoms with Gasteiger partial charge in [0.1, 0.15) is 0 Å². The van der Waals surface area contributed by atoms with Crippen molar-refractivity contribution in [2.45, 2.75) is 63.6 Å². The highest BCUT2D eigenvalue weighted by Crippen LogP contribution is 2.53. The molecule has 1 amide bonds. The van der Waals surface area contributed by atoms with E-state index >= 15 is 0 Å². The van der Waals surface area contributed by atoms with Crippen molar-refractivity contribution in [1.82, 2.24) is 4.90 Å². The third-order valence-electron chi connectivity index (χ3n) is 6.83. The summed E-state index contributed by atoms with van der Waals surface area (Å²) in [6.45, 7) is 5.05. The number of likely N-dealkylation sites (tertiary alicyclic amines) is 1. The molecule has 27 heavy (non-hydrogen) atoms. The summed E-state index contributed by atoms with van der Waals surface area (Å²) in [7, 11) is 0. The standard InChI is InChI=1S/C21H26F3NO2/c1-13-3-4-16(21(22,23)24)7-17(13)14-5-6-20(10-14)11-25(12-20)18(26)15-8-19(2,27)9-15/h3-4,7,14-15,27H,5-6,8-12H2,1-2H3/t14-,15?,19?/m1/s1. The molecule has 3 nitrogen and oxygen atoms in total. The first kappa shape index (κ1) is 18.8. The van der Waals surface area contributed by atoms with Gasteiger partial charge in [-0.15, -0.1) is 0 Å². The number of hydrogen-bond acceptors (Lipinski definition) is 2. The third kappa shape index (κ3) is 3.37. The molecule has 0 bridgehead atoms. The summed E-state index contributed by atoms with van der Waals surface area (Å²) < 4.78 is 39.2. The maximum Gasteiger partial charge on any atom is 0.416 e. The van der Waals surface area contributed by atoms with Crippen molar-refractivity contribution in [3.8, 4) is 0 Å². The minimum atomic E-state index is -4.32. The molecule has 1 heterocycles. The van der Waals surface area contributed by atoms with Crippen LogP contribution in [0, 0.1) is 18.3 Å². The number of carbonyl (C=O) groups is 1.